The second-order valence-electron chi connectivity index (χ2n) is 10.7. The van der Waals surface area contributed by atoms with Gasteiger partial charge in [0.25, 0.3) is 11.8 Å². The Morgan fingerprint density at radius 1 is 1.20 bits per heavy atom. The summed E-state index contributed by atoms with van der Waals surface area (Å²) in [5.74, 6) is -0.472. The second-order valence-corrected chi connectivity index (χ2v) is 12.1. The van der Waals surface area contributed by atoms with Crippen LogP contribution in [-0.4, -0.2) is 74.8 Å². The second kappa shape index (κ2) is 11.7. The average Bonchev–Trinajstić information content (AvgIpc) is 3.30. The first-order valence-corrected chi connectivity index (χ1v) is 14.6. The van der Waals surface area contributed by atoms with Gasteiger partial charge in [0.1, 0.15) is 22.8 Å². The molecule has 2 heterocycles. The van der Waals surface area contributed by atoms with E-state index in [1.807, 2.05) is 61.5 Å². The van der Waals surface area contributed by atoms with Gasteiger partial charge in [-0.15, -0.1) is 11.8 Å². The van der Waals surface area contributed by atoms with E-state index in [1.165, 1.54) is 16.7 Å². The molecule has 2 saturated heterocycles. The lowest BCUT2D eigenvalue weighted by Crippen LogP contribution is -2.73. The fourth-order valence-electron chi connectivity index (χ4n) is 5.65. The molecule has 216 valence electrons. The summed E-state index contributed by atoms with van der Waals surface area (Å²) in [6.45, 7) is 3.86. The summed E-state index contributed by atoms with van der Waals surface area (Å²) >= 11 is 1.46. The van der Waals surface area contributed by atoms with Crippen molar-refractivity contribution in [2.45, 2.75) is 62.5 Å². The summed E-state index contributed by atoms with van der Waals surface area (Å²) in [5.41, 5.74) is 2.22. The summed E-state index contributed by atoms with van der Waals surface area (Å²) in [7, 11) is 1.59. The number of ether oxygens (including phenoxy) is 1. The molecule has 0 radical (unpaired) electrons. The van der Waals surface area contributed by atoms with E-state index in [-0.39, 0.29) is 30.2 Å². The van der Waals surface area contributed by atoms with Gasteiger partial charge in [-0.25, -0.2) is 4.39 Å². The molecule has 2 N–H and O–H groups in total. The van der Waals surface area contributed by atoms with Crippen LogP contribution >= 0.6 is 11.8 Å². The number of methoxy groups -OCH3 is 1. The zero-order chi connectivity index (χ0) is 29.3. The largest absolute Gasteiger partial charge is 0.497 e. The number of hydrogen-bond acceptors (Lipinski definition) is 6. The third-order valence-corrected chi connectivity index (χ3v) is 9.56. The maximum Gasteiger partial charge on any atom is 0.255 e. The van der Waals surface area contributed by atoms with Gasteiger partial charge in [-0.05, 0) is 49.1 Å². The molecule has 2 unspecified atom stereocenters. The molecule has 2 aromatic rings. The number of alkyl halides is 1. The Morgan fingerprint density at radius 3 is 2.66 bits per heavy atom. The lowest BCUT2D eigenvalue weighted by Gasteiger charge is -2.52. The number of β-lactam (4-membered cyclic amide) rings is 1. The number of halogens is 1. The van der Waals surface area contributed by atoms with Crippen LogP contribution in [0.5, 0.6) is 5.75 Å². The molecule has 0 bridgehead atoms. The Labute approximate surface area is 243 Å². The van der Waals surface area contributed by atoms with E-state index >= 15 is 0 Å². The van der Waals surface area contributed by atoms with Crippen LogP contribution in [0.2, 0.25) is 0 Å². The molecule has 0 aromatic heterocycles. The van der Waals surface area contributed by atoms with Gasteiger partial charge >= 0.3 is 0 Å². The minimum absolute atomic E-state index is 0.174. The number of amides is 3. The number of aliphatic hydroxyl groups excluding tert-OH is 1. The van der Waals surface area contributed by atoms with E-state index in [0.717, 1.165) is 11.1 Å². The third-order valence-electron chi connectivity index (χ3n) is 8.12. The van der Waals surface area contributed by atoms with E-state index in [1.54, 1.807) is 31.1 Å². The number of aliphatic hydroxyl groups is 1. The van der Waals surface area contributed by atoms with Crippen LogP contribution in [0.25, 0.3) is 0 Å². The summed E-state index contributed by atoms with van der Waals surface area (Å²) < 4.78 is 19.6. The van der Waals surface area contributed by atoms with Crippen LogP contribution in [0.15, 0.2) is 77.9 Å². The molecule has 8 nitrogen and oxygen atoms in total. The number of carbonyl (C=O) groups is 3. The number of carbonyl (C=O) groups excluding carboxylic acids is 3. The number of fused-ring (bicyclic) bond motifs is 1. The minimum Gasteiger partial charge on any atom is -0.497 e. The maximum atomic E-state index is 14.3. The summed E-state index contributed by atoms with van der Waals surface area (Å²) in [6.07, 6.45) is 0.671. The number of likely N-dealkylation sites (tertiary alicyclic amines) is 1. The Balaban J connectivity index is 1.33. The summed E-state index contributed by atoms with van der Waals surface area (Å²) in [5, 5.41) is 14.1. The first kappa shape index (κ1) is 28.9. The smallest absolute Gasteiger partial charge is 0.255 e. The quantitative estimate of drug-likeness (QED) is 0.442. The highest BCUT2D eigenvalue weighted by molar-refractivity contribution is 8.01. The van der Waals surface area contributed by atoms with Gasteiger partial charge in [-0.1, -0.05) is 54.6 Å². The Bertz CT molecular complexity index is 1400. The van der Waals surface area contributed by atoms with Crippen molar-refractivity contribution in [1.82, 2.24) is 15.1 Å². The zero-order valence-corrected chi connectivity index (χ0v) is 24.1. The molecule has 5 rings (SSSR count). The van der Waals surface area contributed by atoms with Crippen molar-refractivity contribution in [1.29, 1.82) is 0 Å². The molecule has 0 spiro atoms. The van der Waals surface area contributed by atoms with Crippen molar-refractivity contribution in [2.24, 2.45) is 0 Å². The molecule has 2 fully saturated rings. The van der Waals surface area contributed by atoms with E-state index in [2.05, 4.69) is 5.32 Å². The topological polar surface area (TPSA) is 99.2 Å². The zero-order valence-electron chi connectivity index (χ0n) is 23.2. The first-order valence-electron chi connectivity index (χ1n) is 13.6. The van der Waals surface area contributed by atoms with Gasteiger partial charge in [-0.2, -0.15) is 0 Å². The third kappa shape index (κ3) is 5.50. The van der Waals surface area contributed by atoms with Gasteiger partial charge in [0.05, 0.1) is 19.0 Å². The van der Waals surface area contributed by atoms with Gasteiger partial charge in [0.2, 0.25) is 5.91 Å². The standard InChI is InChI=1S/C31H34FN3O5S/c1-19-23(13-8-14-24(19)32)28(37)33-25(16-20-9-5-4-6-10-20)26(36)29(38)34-18-41-31(2)27(34)30(39)35(31)17-21-11-7-12-22(15-21)40-3/h4-13,15,24-27,36H,14,16-18H2,1-3H3,(H,33,37)/t24?,25-,26-,27+,31?/m0/s1. The molecule has 41 heavy (non-hydrogen) atoms. The summed E-state index contributed by atoms with van der Waals surface area (Å²) in [4.78, 5) is 42.7. The van der Waals surface area contributed by atoms with E-state index in [4.69, 9.17) is 4.74 Å². The number of benzene rings is 2. The number of thioether (sulfide) groups is 1. The van der Waals surface area contributed by atoms with E-state index in [9.17, 15) is 23.9 Å². The van der Waals surface area contributed by atoms with Crippen molar-refractivity contribution in [2.75, 3.05) is 13.0 Å². The van der Waals surface area contributed by atoms with E-state index < -0.39 is 41.0 Å². The van der Waals surface area contributed by atoms with Gasteiger partial charge in [-0.3, -0.25) is 14.4 Å². The highest BCUT2D eigenvalue weighted by Crippen LogP contribution is 2.51. The Hall–Kier alpha value is -3.63. The highest BCUT2D eigenvalue weighted by atomic mass is 32.2. The van der Waals surface area contributed by atoms with Gasteiger partial charge in [0.15, 0.2) is 6.10 Å². The molecule has 5 atom stereocenters. The summed E-state index contributed by atoms with van der Waals surface area (Å²) in [6, 6.07) is 15.0. The average molecular weight is 580 g/mol. The molecule has 3 aliphatic rings. The lowest BCUT2D eigenvalue weighted by molar-refractivity contribution is -0.168. The van der Waals surface area contributed by atoms with Crippen molar-refractivity contribution in [3.8, 4) is 5.75 Å². The molecule has 3 amide bonds. The molecule has 1 aliphatic carbocycles. The molecule has 2 aromatic carbocycles. The highest BCUT2D eigenvalue weighted by Gasteiger charge is 2.65. The fraction of sp³-hybridized carbons (Fsp3) is 0.387. The molecular weight excluding hydrogens is 545 g/mol. The van der Waals surface area contributed by atoms with Crippen LogP contribution in [0, 0.1) is 0 Å². The van der Waals surface area contributed by atoms with Gasteiger partial charge in [0, 0.05) is 18.5 Å². The normalized spacial score (nSPS) is 25.0. The number of rotatable bonds is 9. The van der Waals surface area contributed by atoms with Crippen LogP contribution in [0.4, 0.5) is 4.39 Å². The Kier molecular flexibility index (Phi) is 8.24. The van der Waals surface area contributed by atoms with Crippen LogP contribution in [-0.2, 0) is 27.3 Å². The van der Waals surface area contributed by atoms with E-state index in [0.29, 0.717) is 17.9 Å². The molecular formula is C31H34FN3O5S. The molecule has 0 saturated carbocycles. The predicted octanol–water partition coefficient (Wildman–Crippen LogP) is 3.36. The SMILES string of the molecule is COc1cccc(CN2C(=O)[C@H]3N(C(=O)[C@@H](O)[C@H](Cc4ccccc4)NC(=O)C4=C(C)C(F)CC=C4)CSC32C)c1. The van der Waals surface area contributed by atoms with Crippen molar-refractivity contribution >= 4 is 29.5 Å². The number of nitrogens with zero attached hydrogens (tertiary/aromatic N) is 2. The van der Waals surface area contributed by atoms with Crippen molar-refractivity contribution < 1.29 is 28.6 Å². The van der Waals surface area contributed by atoms with Crippen molar-refractivity contribution in [3.63, 3.8) is 0 Å². The van der Waals surface area contributed by atoms with Crippen LogP contribution in [0.1, 0.15) is 31.4 Å². The number of allylic oxidation sites excluding steroid dienone is 2. The minimum atomic E-state index is -1.61. The van der Waals surface area contributed by atoms with Gasteiger partial charge < -0.3 is 25.0 Å². The first-order chi connectivity index (χ1) is 19.6. The Morgan fingerprint density at radius 2 is 1.93 bits per heavy atom. The predicted molar refractivity (Wildman–Crippen MR) is 154 cm³/mol. The van der Waals surface area contributed by atoms with Crippen LogP contribution < -0.4 is 10.1 Å². The lowest BCUT2D eigenvalue weighted by atomic mass is 9.92. The van der Waals surface area contributed by atoms with Crippen molar-refractivity contribution in [3.05, 3.63) is 89.0 Å². The monoisotopic (exact) mass is 579 g/mol. The fourth-order valence-corrected chi connectivity index (χ4v) is 7.02. The van der Waals surface area contributed by atoms with Crippen LogP contribution in [0.3, 0.4) is 0 Å². The number of hydrogen-bond donors (Lipinski definition) is 2. The molecule has 10 heteroatoms. The maximum absolute atomic E-state index is 14.3. The number of nitrogens with one attached hydrogen (secondary N) is 1. The molecule has 2 aliphatic heterocycles.